The fourth-order valence-electron chi connectivity index (χ4n) is 2.21. The molecule has 98 valence electrons. The van der Waals surface area contributed by atoms with E-state index in [1.165, 1.54) is 0 Å². The molecule has 1 N–H and O–H groups in total. The molecular formula is C12H6ClN5S2. The van der Waals surface area contributed by atoms with Gasteiger partial charge in [0, 0.05) is 6.20 Å². The Hall–Kier alpha value is -1.83. The molecule has 0 aliphatic rings. The van der Waals surface area contributed by atoms with Crippen LogP contribution in [0.1, 0.15) is 0 Å². The van der Waals surface area contributed by atoms with Crippen molar-refractivity contribution in [3.63, 3.8) is 0 Å². The number of rotatable bonds is 1. The van der Waals surface area contributed by atoms with Crippen LogP contribution < -0.4 is 0 Å². The van der Waals surface area contributed by atoms with E-state index in [2.05, 4.69) is 18.7 Å². The van der Waals surface area contributed by atoms with Gasteiger partial charge in [-0.1, -0.05) is 11.6 Å². The summed E-state index contributed by atoms with van der Waals surface area (Å²) in [5, 5.41) is 0.582. The summed E-state index contributed by atoms with van der Waals surface area (Å²) in [6.07, 6.45) is 3.45. The average molecular weight is 320 g/mol. The van der Waals surface area contributed by atoms with Gasteiger partial charge in [-0.15, -0.1) is 0 Å². The van der Waals surface area contributed by atoms with E-state index in [-0.39, 0.29) is 0 Å². The van der Waals surface area contributed by atoms with E-state index in [0.29, 0.717) is 9.79 Å². The minimum atomic E-state index is 0.551. The van der Waals surface area contributed by atoms with E-state index < -0.39 is 0 Å². The number of H-pyrrole nitrogens is 1. The van der Waals surface area contributed by atoms with Crippen molar-refractivity contribution in [1.29, 1.82) is 0 Å². The number of hydrogen-bond acceptors (Lipinski definition) is 5. The summed E-state index contributed by atoms with van der Waals surface area (Å²) in [5.74, 6) is 0. The number of aromatic amines is 1. The van der Waals surface area contributed by atoms with Gasteiger partial charge in [-0.05, 0) is 30.4 Å². The van der Waals surface area contributed by atoms with Crippen LogP contribution in [0.3, 0.4) is 0 Å². The lowest BCUT2D eigenvalue weighted by atomic mass is 10.2. The summed E-state index contributed by atoms with van der Waals surface area (Å²) in [5.41, 5.74) is 4.07. The van der Waals surface area contributed by atoms with Crippen LogP contribution in [0.4, 0.5) is 0 Å². The molecule has 0 spiro atoms. The molecule has 0 saturated heterocycles. The molecule has 0 saturated carbocycles. The highest BCUT2D eigenvalue weighted by Crippen LogP contribution is 2.31. The number of nitrogens with one attached hydrogen (secondary N) is 1. The number of nitrogens with zero attached hydrogens (tertiary/aromatic N) is 4. The van der Waals surface area contributed by atoms with Crippen molar-refractivity contribution in [2.75, 3.05) is 0 Å². The van der Waals surface area contributed by atoms with Crippen molar-refractivity contribution in [3.8, 4) is 5.69 Å². The quantitative estimate of drug-likeness (QED) is 0.543. The SMILES string of the molecule is S=c1[nH]c2cnccc2n1-c1c(Cl)ccc2nsnc12. The van der Waals surface area contributed by atoms with Gasteiger partial charge in [-0.2, -0.15) is 8.75 Å². The highest BCUT2D eigenvalue weighted by molar-refractivity contribution is 7.71. The summed E-state index contributed by atoms with van der Waals surface area (Å²) in [6, 6.07) is 5.55. The largest absolute Gasteiger partial charge is 0.329 e. The monoisotopic (exact) mass is 319 g/mol. The fraction of sp³-hybridized carbons (Fsp3) is 0. The molecule has 0 bridgehead atoms. The molecule has 4 rings (SSSR count). The lowest BCUT2D eigenvalue weighted by Gasteiger charge is -2.07. The molecule has 3 aromatic heterocycles. The Morgan fingerprint density at radius 2 is 2.15 bits per heavy atom. The van der Waals surface area contributed by atoms with Gasteiger partial charge in [-0.25, -0.2) is 0 Å². The van der Waals surface area contributed by atoms with Gasteiger partial charge in [0.25, 0.3) is 0 Å². The first-order valence-corrected chi connectivity index (χ1v) is 7.23. The molecule has 0 atom stereocenters. The third-order valence-corrected chi connectivity index (χ3v) is 4.19. The van der Waals surface area contributed by atoms with E-state index in [9.17, 15) is 0 Å². The first kappa shape index (κ1) is 12.0. The summed E-state index contributed by atoms with van der Waals surface area (Å²) < 4.78 is 11.0. The number of halogens is 1. The zero-order chi connectivity index (χ0) is 13.7. The lowest BCUT2D eigenvalue weighted by Crippen LogP contribution is -1.96. The van der Waals surface area contributed by atoms with Crippen molar-refractivity contribution < 1.29 is 0 Å². The molecule has 20 heavy (non-hydrogen) atoms. The van der Waals surface area contributed by atoms with Gasteiger partial charge in [0.1, 0.15) is 11.0 Å². The Morgan fingerprint density at radius 3 is 3.05 bits per heavy atom. The smallest absolute Gasteiger partial charge is 0.182 e. The molecule has 0 fully saturated rings. The highest BCUT2D eigenvalue weighted by atomic mass is 35.5. The molecule has 1 aromatic carbocycles. The number of benzene rings is 1. The third-order valence-electron chi connectivity index (χ3n) is 3.06. The maximum absolute atomic E-state index is 6.36. The third kappa shape index (κ3) is 1.60. The second-order valence-electron chi connectivity index (χ2n) is 4.19. The maximum atomic E-state index is 6.36. The molecule has 5 nitrogen and oxygen atoms in total. The molecule has 8 heteroatoms. The van der Waals surface area contributed by atoms with Gasteiger partial charge < -0.3 is 4.98 Å². The first-order chi connectivity index (χ1) is 9.75. The summed E-state index contributed by atoms with van der Waals surface area (Å²) in [6.45, 7) is 0. The van der Waals surface area contributed by atoms with E-state index in [0.717, 1.165) is 39.5 Å². The van der Waals surface area contributed by atoms with E-state index >= 15 is 0 Å². The van der Waals surface area contributed by atoms with Crippen LogP contribution in [0.15, 0.2) is 30.6 Å². The van der Waals surface area contributed by atoms with E-state index in [1.54, 1.807) is 12.4 Å². The van der Waals surface area contributed by atoms with Gasteiger partial charge in [0.05, 0.1) is 39.7 Å². The van der Waals surface area contributed by atoms with Crippen LogP contribution in [-0.4, -0.2) is 23.3 Å². The van der Waals surface area contributed by atoms with Crippen molar-refractivity contribution in [2.24, 2.45) is 0 Å². The van der Waals surface area contributed by atoms with Crippen LogP contribution in [0.5, 0.6) is 0 Å². The highest BCUT2D eigenvalue weighted by Gasteiger charge is 2.15. The fourth-order valence-corrected chi connectivity index (χ4v) is 3.28. The number of fused-ring (bicyclic) bond motifs is 2. The second-order valence-corrected chi connectivity index (χ2v) is 5.51. The Balaban J connectivity index is 2.22. The minimum absolute atomic E-state index is 0.551. The van der Waals surface area contributed by atoms with Crippen LogP contribution in [0, 0.1) is 4.77 Å². The van der Waals surface area contributed by atoms with Gasteiger partial charge in [-0.3, -0.25) is 9.55 Å². The van der Waals surface area contributed by atoms with Crippen molar-refractivity contribution >= 4 is 57.6 Å². The Labute approximate surface area is 127 Å². The van der Waals surface area contributed by atoms with Gasteiger partial charge >= 0.3 is 0 Å². The zero-order valence-corrected chi connectivity index (χ0v) is 12.3. The number of imidazole rings is 1. The number of pyridine rings is 1. The molecule has 0 amide bonds. The van der Waals surface area contributed by atoms with Crippen molar-refractivity contribution in [1.82, 2.24) is 23.3 Å². The topological polar surface area (TPSA) is 59.4 Å². The molecule has 3 heterocycles. The predicted octanol–water partition coefficient (Wildman–Crippen LogP) is 3.74. The molecule has 0 unspecified atom stereocenters. The lowest BCUT2D eigenvalue weighted by molar-refractivity contribution is 1.07. The van der Waals surface area contributed by atoms with Crippen LogP contribution in [-0.2, 0) is 0 Å². The molecule has 4 aromatic rings. The zero-order valence-electron chi connectivity index (χ0n) is 9.87. The van der Waals surface area contributed by atoms with Crippen LogP contribution in [0.25, 0.3) is 27.8 Å². The average Bonchev–Trinajstić information content (AvgIpc) is 3.03. The second kappa shape index (κ2) is 4.34. The standard InChI is InChI=1S/C12H6ClN5S2/c13-6-1-2-7-10(17-20-16-7)11(6)18-9-3-4-14-5-8(9)15-12(18)19/h1-5H,(H,15,19). The van der Waals surface area contributed by atoms with Crippen LogP contribution in [0.2, 0.25) is 5.02 Å². The van der Waals surface area contributed by atoms with Crippen molar-refractivity contribution in [2.45, 2.75) is 0 Å². The van der Waals surface area contributed by atoms with E-state index in [4.69, 9.17) is 23.8 Å². The molecular weight excluding hydrogens is 314 g/mol. The number of hydrogen-bond donors (Lipinski definition) is 1. The Kier molecular flexibility index (Phi) is 2.59. The molecule has 0 aliphatic carbocycles. The Morgan fingerprint density at radius 1 is 1.25 bits per heavy atom. The summed E-state index contributed by atoms with van der Waals surface area (Å²) >= 11 is 12.9. The maximum Gasteiger partial charge on any atom is 0.182 e. The first-order valence-electron chi connectivity index (χ1n) is 5.71. The Bertz CT molecular complexity index is 1000. The summed E-state index contributed by atoms with van der Waals surface area (Å²) in [4.78, 5) is 7.21. The van der Waals surface area contributed by atoms with Gasteiger partial charge in [0.15, 0.2) is 4.77 Å². The van der Waals surface area contributed by atoms with Crippen LogP contribution >= 0.6 is 35.5 Å². The van der Waals surface area contributed by atoms with Crippen molar-refractivity contribution in [3.05, 3.63) is 40.4 Å². The molecule has 0 aliphatic heterocycles. The van der Waals surface area contributed by atoms with E-state index in [1.807, 2.05) is 22.8 Å². The number of aromatic nitrogens is 5. The van der Waals surface area contributed by atoms with Gasteiger partial charge in [0.2, 0.25) is 0 Å². The normalized spacial score (nSPS) is 11.4. The summed E-state index contributed by atoms with van der Waals surface area (Å²) in [7, 11) is 0. The minimum Gasteiger partial charge on any atom is -0.329 e. The molecule has 0 radical (unpaired) electrons. The predicted molar refractivity (Wildman–Crippen MR) is 82.2 cm³/mol.